The summed E-state index contributed by atoms with van der Waals surface area (Å²) < 4.78 is 0. The van der Waals surface area contributed by atoms with E-state index in [2.05, 4.69) is 5.32 Å². The van der Waals surface area contributed by atoms with E-state index in [4.69, 9.17) is 16.7 Å². The van der Waals surface area contributed by atoms with Crippen molar-refractivity contribution < 1.29 is 14.7 Å². The molecule has 0 bridgehead atoms. The predicted molar refractivity (Wildman–Crippen MR) is 87.1 cm³/mol. The van der Waals surface area contributed by atoms with E-state index in [-0.39, 0.29) is 5.91 Å². The van der Waals surface area contributed by atoms with Crippen LogP contribution in [0.15, 0.2) is 24.3 Å². The van der Waals surface area contributed by atoms with Gasteiger partial charge >= 0.3 is 5.97 Å². The molecule has 0 fully saturated rings. The molecule has 6 heteroatoms. The Labute approximate surface area is 136 Å². The van der Waals surface area contributed by atoms with Crippen LogP contribution in [0.25, 0.3) is 0 Å². The summed E-state index contributed by atoms with van der Waals surface area (Å²) in [7, 11) is 0. The van der Waals surface area contributed by atoms with Crippen LogP contribution in [-0.4, -0.2) is 47.6 Å². The number of carbonyl (C=O) groups is 2. The number of carboxylic acid groups (broad SMARTS) is 1. The Kier molecular flexibility index (Phi) is 7.91. The Morgan fingerprint density at radius 3 is 2.45 bits per heavy atom. The number of benzene rings is 1. The summed E-state index contributed by atoms with van der Waals surface area (Å²) in [5.41, 5.74) is 1.18. The largest absolute Gasteiger partial charge is 0.480 e. The lowest BCUT2D eigenvalue weighted by molar-refractivity contribution is -0.142. The molecule has 0 saturated heterocycles. The van der Waals surface area contributed by atoms with Crippen LogP contribution in [0.4, 0.5) is 0 Å². The third kappa shape index (κ3) is 6.91. The number of amides is 1. The summed E-state index contributed by atoms with van der Waals surface area (Å²) in [6.07, 6.45) is 1.71. The first-order valence-electron chi connectivity index (χ1n) is 7.36. The lowest BCUT2D eigenvalue weighted by Gasteiger charge is -2.26. The molecule has 1 unspecified atom stereocenters. The van der Waals surface area contributed by atoms with Gasteiger partial charge in [-0.2, -0.15) is 0 Å². The van der Waals surface area contributed by atoms with Crippen molar-refractivity contribution in [3.05, 3.63) is 34.9 Å². The molecule has 0 saturated carbocycles. The number of hydrogen-bond acceptors (Lipinski definition) is 3. The summed E-state index contributed by atoms with van der Waals surface area (Å²) in [4.78, 5) is 23.9. The van der Waals surface area contributed by atoms with E-state index in [9.17, 15) is 9.59 Å². The zero-order chi connectivity index (χ0) is 16.5. The third-order valence-corrected chi connectivity index (χ3v) is 3.75. The van der Waals surface area contributed by atoms with E-state index >= 15 is 0 Å². The summed E-state index contributed by atoms with van der Waals surface area (Å²) >= 11 is 5.85. The minimum atomic E-state index is -0.852. The number of rotatable bonds is 9. The van der Waals surface area contributed by atoms with E-state index < -0.39 is 12.0 Å². The quantitative estimate of drug-likeness (QED) is 0.730. The van der Waals surface area contributed by atoms with Crippen LogP contribution in [0, 0.1) is 0 Å². The molecule has 1 rings (SSSR count). The number of halogens is 1. The smallest absolute Gasteiger partial charge is 0.320 e. The van der Waals surface area contributed by atoms with Crippen LogP contribution in [0.1, 0.15) is 25.8 Å². The molecular weight excluding hydrogens is 304 g/mol. The van der Waals surface area contributed by atoms with Crippen LogP contribution in [0.3, 0.4) is 0 Å². The van der Waals surface area contributed by atoms with Gasteiger partial charge in [0.2, 0.25) is 5.91 Å². The van der Waals surface area contributed by atoms with Crippen molar-refractivity contribution in [3.63, 3.8) is 0 Å². The predicted octanol–water partition coefficient (Wildman–Crippen LogP) is 2.18. The van der Waals surface area contributed by atoms with E-state index in [1.54, 1.807) is 6.92 Å². The van der Waals surface area contributed by atoms with Crippen LogP contribution >= 0.6 is 11.6 Å². The number of aliphatic carboxylic acids is 1. The van der Waals surface area contributed by atoms with Crippen molar-refractivity contribution in [2.24, 2.45) is 0 Å². The molecule has 1 atom stereocenters. The van der Waals surface area contributed by atoms with Crippen LogP contribution in [-0.2, 0) is 16.0 Å². The fourth-order valence-electron chi connectivity index (χ4n) is 2.17. The van der Waals surface area contributed by atoms with Gasteiger partial charge in [-0.3, -0.25) is 14.5 Å². The van der Waals surface area contributed by atoms with Crippen molar-refractivity contribution in [3.8, 4) is 0 Å². The van der Waals surface area contributed by atoms with Crippen LogP contribution in [0.5, 0.6) is 0 Å². The van der Waals surface area contributed by atoms with Gasteiger partial charge in [0.05, 0.1) is 0 Å². The SMILES string of the molecule is CC(=O)NCCN(CCCc1ccc(Cl)cc1)C(C)C(=O)O. The highest BCUT2D eigenvalue weighted by Crippen LogP contribution is 2.11. The Morgan fingerprint density at radius 1 is 1.27 bits per heavy atom. The minimum absolute atomic E-state index is 0.107. The molecule has 0 spiro atoms. The summed E-state index contributed by atoms with van der Waals surface area (Å²) in [6.45, 7) is 4.75. The first-order chi connectivity index (χ1) is 10.4. The van der Waals surface area contributed by atoms with Gasteiger partial charge < -0.3 is 10.4 Å². The highest BCUT2D eigenvalue weighted by atomic mass is 35.5. The van der Waals surface area contributed by atoms with Crippen molar-refractivity contribution in [1.82, 2.24) is 10.2 Å². The van der Waals surface area contributed by atoms with Gasteiger partial charge in [-0.15, -0.1) is 0 Å². The second-order valence-electron chi connectivity index (χ2n) is 5.26. The highest BCUT2D eigenvalue weighted by molar-refractivity contribution is 6.30. The average Bonchev–Trinajstić information content (AvgIpc) is 2.46. The number of aryl methyl sites for hydroxylation is 1. The van der Waals surface area contributed by atoms with Gasteiger partial charge in [0, 0.05) is 25.0 Å². The molecule has 0 aliphatic heterocycles. The maximum Gasteiger partial charge on any atom is 0.320 e. The topological polar surface area (TPSA) is 69.6 Å². The molecule has 0 aliphatic carbocycles. The zero-order valence-electron chi connectivity index (χ0n) is 13.0. The molecule has 0 radical (unpaired) electrons. The van der Waals surface area contributed by atoms with Gasteiger partial charge in [0.25, 0.3) is 0 Å². The number of nitrogens with one attached hydrogen (secondary N) is 1. The normalized spacial score (nSPS) is 12.2. The van der Waals surface area contributed by atoms with Crippen molar-refractivity contribution in [2.75, 3.05) is 19.6 Å². The van der Waals surface area contributed by atoms with E-state index in [1.807, 2.05) is 29.2 Å². The average molecular weight is 327 g/mol. The second-order valence-corrected chi connectivity index (χ2v) is 5.70. The molecule has 0 aliphatic rings. The van der Waals surface area contributed by atoms with E-state index in [0.29, 0.717) is 24.7 Å². The van der Waals surface area contributed by atoms with E-state index in [1.165, 1.54) is 12.5 Å². The Hall–Kier alpha value is -1.59. The summed E-state index contributed by atoms with van der Waals surface area (Å²) in [5.74, 6) is -0.960. The fourth-order valence-corrected chi connectivity index (χ4v) is 2.29. The first-order valence-corrected chi connectivity index (χ1v) is 7.73. The monoisotopic (exact) mass is 326 g/mol. The molecule has 1 amide bonds. The van der Waals surface area contributed by atoms with Gasteiger partial charge in [0.1, 0.15) is 6.04 Å². The molecule has 1 aromatic carbocycles. The number of hydrogen-bond donors (Lipinski definition) is 2. The van der Waals surface area contributed by atoms with Crippen molar-refractivity contribution >= 4 is 23.5 Å². The van der Waals surface area contributed by atoms with Gasteiger partial charge in [-0.25, -0.2) is 0 Å². The van der Waals surface area contributed by atoms with Crippen molar-refractivity contribution in [2.45, 2.75) is 32.7 Å². The van der Waals surface area contributed by atoms with Gasteiger partial charge in [0.15, 0.2) is 0 Å². The van der Waals surface area contributed by atoms with Crippen LogP contribution < -0.4 is 5.32 Å². The van der Waals surface area contributed by atoms with E-state index in [0.717, 1.165) is 12.8 Å². The lowest BCUT2D eigenvalue weighted by Crippen LogP contribution is -2.43. The molecule has 1 aromatic rings. The fraction of sp³-hybridized carbons (Fsp3) is 0.500. The maximum atomic E-state index is 11.2. The molecule has 22 heavy (non-hydrogen) atoms. The molecule has 2 N–H and O–H groups in total. The summed E-state index contributed by atoms with van der Waals surface area (Å²) in [6, 6.07) is 7.09. The molecular formula is C16H23ClN2O3. The standard InChI is InChI=1S/C16H23ClN2O3/c1-12(16(21)22)19(11-9-18-13(2)20)10-3-4-14-5-7-15(17)8-6-14/h5-8,12H,3-4,9-11H2,1-2H3,(H,18,20)(H,21,22). The number of carbonyl (C=O) groups excluding carboxylic acids is 1. The Balaban J connectivity index is 2.47. The van der Waals surface area contributed by atoms with Gasteiger partial charge in [-0.05, 0) is 44.0 Å². The highest BCUT2D eigenvalue weighted by Gasteiger charge is 2.19. The molecule has 122 valence electrons. The number of nitrogens with zero attached hydrogens (tertiary/aromatic N) is 1. The maximum absolute atomic E-state index is 11.2. The zero-order valence-corrected chi connectivity index (χ0v) is 13.8. The van der Waals surface area contributed by atoms with Crippen LogP contribution in [0.2, 0.25) is 5.02 Å². The first kappa shape index (κ1) is 18.5. The second kappa shape index (κ2) is 9.43. The summed E-state index contributed by atoms with van der Waals surface area (Å²) in [5, 5.41) is 12.6. The molecule has 0 aromatic heterocycles. The Morgan fingerprint density at radius 2 is 1.91 bits per heavy atom. The Bertz CT molecular complexity index is 491. The minimum Gasteiger partial charge on any atom is -0.480 e. The molecule has 0 heterocycles. The van der Waals surface area contributed by atoms with Gasteiger partial charge in [-0.1, -0.05) is 23.7 Å². The molecule has 5 nitrogen and oxygen atoms in total. The third-order valence-electron chi connectivity index (χ3n) is 3.50. The van der Waals surface area contributed by atoms with Crippen molar-refractivity contribution in [1.29, 1.82) is 0 Å². The lowest BCUT2D eigenvalue weighted by atomic mass is 10.1. The number of carboxylic acids is 1.